The number of anilines is 1. The van der Waals surface area contributed by atoms with E-state index in [9.17, 15) is 0 Å². The number of hydrogen-bond donors (Lipinski definition) is 1. The molecule has 1 aromatic rings. The smallest absolute Gasteiger partial charge is 0.0545 e. The van der Waals surface area contributed by atoms with E-state index in [0.29, 0.717) is 0 Å². The second kappa shape index (κ2) is 6.45. The van der Waals surface area contributed by atoms with Gasteiger partial charge in [-0.05, 0) is 52.8 Å². The topological polar surface area (TPSA) is 45.4 Å². The Morgan fingerprint density at radius 2 is 1.94 bits per heavy atom. The summed E-state index contributed by atoms with van der Waals surface area (Å²) in [6.07, 6.45) is 2.89. The summed E-state index contributed by atoms with van der Waals surface area (Å²) in [5.41, 5.74) is 7.38. The number of aromatic nitrogens is 1. The Morgan fingerprint density at radius 3 is 2.50 bits per heavy atom. The predicted molar refractivity (Wildman–Crippen MR) is 68.2 cm³/mol. The Balaban J connectivity index is 2.28. The van der Waals surface area contributed by atoms with Gasteiger partial charge in [0.25, 0.3) is 0 Å². The van der Waals surface area contributed by atoms with Gasteiger partial charge >= 0.3 is 0 Å². The molecule has 0 aliphatic rings. The fraction of sp³-hybridized carbons (Fsp3) is 0.583. The van der Waals surface area contributed by atoms with Crippen molar-refractivity contribution in [3.8, 4) is 0 Å². The van der Waals surface area contributed by atoms with Gasteiger partial charge < -0.3 is 15.5 Å². The molecule has 1 heterocycles. The summed E-state index contributed by atoms with van der Waals surface area (Å²) in [5, 5.41) is 0. The molecule has 0 atom stereocenters. The SMILES string of the molecule is CN(C)CCCN(C)Cc1ccc(N)cn1. The fourth-order valence-corrected chi connectivity index (χ4v) is 1.54. The maximum absolute atomic E-state index is 5.59. The quantitative estimate of drug-likeness (QED) is 0.781. The van der Waals surface area contributed by atoms with E-state index in [1.165, 1.54) is 6.42 Å². The summed E-state index contributed by atoms with van der Waals surface area (Å²) in [6.45, 7) is 3.09. The van der Waals surface area contributed by atoms with Crippen LogP contribution >= 0.6 is 0 Å². The second-order valence-corrected chi connectivity index (χ2v) is 4.48. The molecule has 0 spiro atoms. The molecule has 0 fully saturated rings. The number of nitrogens with zero attached hydrogens (tertiary/aromatic N) is 3. The van der Waals surface area contributed by atoms with Crippen LogP contribution in [0.25, 0.3) is 0 Å². The molecule has 4 nitrogen and oxygen atoms in total. The lowest BCUT2D eigenvalue weighted by atomic mass is 10.3. The molecule has 2 N–H and O–H groups in total. The lowest BCUT2D eigenvalue weighted by Gasteiger charge is -2.17. The highest BCUT2D eigenvalue weighted by molar-refractivity contribution is 5.34. The zero-order chi connectivity index (χ0) is 12.0. The van der Waals surface area contributed by atoms with Gasteiger partial charge in [-0.2, -0.15) is 0 Å². The molecule has 0 radical (unpaired) electrons. The van der Waals surface area contributed by atoms with Crippen LogP contribution < -0.4 is 5.73 Å². The van der Waals surface area contributed by atoms with Gasteiger partial charge in [0.2, 0.25) is 0 Å². The van der Waals surface area contributed by atoms with Crippen molar-refractivity contribution in [2.24, 2.45) is 0 Å². The first-order valence-electron chi connectivity index (χ1n) is 5.61. The maximum Gasteiger partial charge on any atom is 0.0545 e. The van der Waals surface area contributed by atoms with Crippen molar-refractivity contribution in [3.63, 3.8) is 0 Å². The van der Waals surface area contributed by atoms with E-state index >= 15 is 0 Å². The van der Waals surface area contributed by atoms with Gasteiger partial charge in [-0.3, -0.25) is 4.98 Å². The Labute approximate surface area is 98.1 Å². The second-order valence-electron chi connectivity index (χ2n) is 4.48. The molecule has 0 aromatic carbocycles. The Hall–Kier alpha value is -1.13. The summed E-state index contributed by atoms with van der Waals surface area (Å²) in [5.74, 6) is 0. The van der Waals surface area contributed by atoms with Crippen LogP contribution in [-0.4, -0.2) is 49.0 Å². The molecule has 0 unspecified atom stereocenters. The van der Waals surface area contributed by atoms with Gasteiger partial charge in [0.15, 0.2) is 0 Å². The third-order valence-electron chi connectivity index (χ3n) is 2.42. The number of hydrogen-bond acceptors (Lipinski definition) is 4. The first-order chi connectivity index (χ1) is 7.58. The molecule has 16 heavy (non-hydrogen) atoms. The Morgan fingerprint density at radius 1 is 1.19 bits per heavy atom. The van der Waals surface area contributed by atoms with Crippen molar-refractivity contribution in [2.75, 3.05) is 40.0 Å². The minimum atomic E-state index is 0.721. The van der Waals surface area contributed by atoms with Crippen molar-refractivity contribution in [2.45, 2.75) is 13.0 Å². The van der Waals surface area contributed by atoms with Crippen LogP contribution in [-0.2, 0) is 6.54 Å². The van der Waals surface area contributed by atoms with Gasteiger partial charge in [-0.15, -0.1) is 0 Å². The number of pyridine rings is 1. The van der Waals surface area contributed by atoms with E-state index < -0.39 is 0 Å². The van der Waals surface area contributed by atoms with Crippen molar-refractivity contribution in [3.05, 3.63) is 24.0 Å². The molecule has 1 aromatic heterocycles. The van der Waals surface area contributed by atoms with Crippen LogP contribution in [0.1, 0.15) is 12.1 Å². The highest BCUT2D eigenvalue weighted by Crippen LogP contribution is 2.04. The number of nitrogen functional groups attached to an aromatic ring is 1. The van der Waals surface area contributed by atoms with Crippen LogP contribution in [0.15, 0.2) is 18.3 Å². The molecule has 4 heteroatoms. The van der Waals surface area contributed by atoms with Crippen molar-refractivity contribution in [1.82, 2.24) is 14.8 Å². The normalized spacial score (nSPS) is 11.3. The van der Waals surface area contributed by atoms with Crippen LogP contribution in [0.2, 0.25) is 0 Å². The Bertz CT molecular complexity index is 294. The monoisotopic (exact) mass is 222 g/mol. The summed E-state index contributed by atoms with van der Waals surface area (Å²) < 4.78 is 0. The standard InChI is InChI=1S/C12H22N4/c1-15(2)7-4-8-16(3)10-12-6-5-11(13)9-14-12/h5-6,9H,4,7-8,10,13H2,1-3H3. The van der Waals surface area contributed by atoms with Gasteiger partial charge in [0, 0.05) is 6.54 Å². The average molecular weight is 222 g/mol. The van der Waals surface area contributed by atoms with Crippen LogP contribution in [0.3, 0.4) is 0 Å². The van der Waals surface area contributed by atoms with Crippen molar-refractivity contribution >= 4 is 5.69 Å². The molecular weight excluding hydrogens is 200 g/mol. The zero-order valence-corrected chi connectivity index (χ0v) is 10.5. The molecule has 0 aliphatic heterocycles. The van der Waals surface area contributed by atoms with E-state index in [-0.39, 0.29) is 0 Å². The van der Waals surface area contributed by atoms with Gasteiger partial charge in [0.1, 0.15) is 0 Å². The van der Waals surface area contributed by atoms with Gasteiger partial charge in [-0.25, -0.2) is 0 Å². The van der Waals surface area contributed by atoms with Crippen molar-refractivity contribution < 1.29 is 0 Å². The molecule has 0 aliphatic carbocycles. The van der Waals surface area contributed by atoms with Crippen LogP contribution in [0.5, 0.6) is 0 Å². The van der Waals surface area contributed by atoms with E-state index in [1.807, 2.05) is 12.1 Å². The number of rotatable bonds is 6. The van der Waals surface area contributed by atoms with E-state index in [0.717, 1.165) is 31.0 Å². The predicted octanol–water partition coefficient (Wildman–Crippen LogP) is 1.05. The first-order valence-corrected chi connectivity index (χ1v) is 5.61. The van der Waals surface area contributed by atoms with E-state index in [1.54, 1.807) is 6.20 Å². The molecule has 0 bridgehead atoms. The summed E-state index contributed by atoms with van der Waals surface area (Å²) >= 11 is 0. The summed E-state index contributed by atoms with van der Waals surface area (Å²) in [6, 6.07) is 3.88. The maximum atomic E-state index is 5.59. The van der Waals surface area contributed by atoms with Gasteiger partial charge in [-0.1, -0.05) is 0 Å². The minimum absolute atomic E-state index is 0.721. The van der Waals surface area contributed by atoms with Crippen LogP contribution in [0.4, 0.5) is 5.69 Å². The lowest BCUT2D eigenvalue weighted by Crippen LogP contribution is -2.23. The molecule has 1 rings (SSSR count). The van der Waals surface area contributed by atoms with E-state index in [2.05, 4.69) is 35.9 Å². The lowest BCUT2D eigenvalue weighted by molar-refractivity contribution is 0.292. The third kappa shape index (κ3) is 5.09. The van der Waals surface area contributed by atoms with Crippen molar-refractivity contribution in [1.29, 1.82) is 0 Å². The molecule has 0 amide bonds. The summed E-state index contributed by atoms with van der Waals surface area (Å²) in [4.78, 5) is 8.77. The largest absolute Gasteiger partial charge is 0.397 e. The molecule has 0 saturated carbocycles. The summed E-state index contributed by atoms with van der Waals surface area (Å²) in [7, 11) is 6.32. The fourth-order valence-electron chi connectivity index (χ4n) is 1.54. The highest BCUT2D eigenvalue weighted by atomic mass is 15.1. The minimum Gasteiger partial charge on any atom is -0.397 e. The third-order valence-corrected chi connectivity index (χ3v) is 2.42. The molecular formula is C12H22N4. The molecule has 0 saturated heterocycles. The Kier molecular flexibility index (Phi) is 5.22. The molecule has 90 valence electrons. The first kappa shape index (κ1) is 12.9. The zero-order valence-electron chi connectivity index (χ0n) is 10.5. The van der Waals surface area contributed by atoms with E-state index in [4.69, 9.17) is 5.73 Å². The highest BCUT2D eigenvalue weighted by Gasteiger charge is 2.01. The van der Waals surface area contributed by atoms with Crippen LogP contribution in [0, 0.1) is 0 Å². The van der Waals surface area contributed by atoms with Gasteiger partial charge in [0.05, 0.1) is 17.6 Å². The average Bonchev–Trinajstić information content (AvgIpc) is 2.21. The number of nitrogens with two attached hydrogens (primary N) is 1.